The first-order chi connectivity index (χ1) is 9.22. The maximum absolute atomic E-state index is 13.1. The van der Waals surface area contributed by atoms with Crippen molar-refractivity contribution in [2.75, 3.05) is 0 Å². The Labute approximate surface area is 110 Å². The summed E-state index contributed by atoms with van der Waals surface area (Å²) >= 11 is 0. The Morgan fingerprint density at radius 1 is 1.32 bits per heavy atom. The number of hydrogen-bond acceptors (Lipinski definition) is 4. The van der Waals surface area contributed by atoms with Gasteiger partial charge in [-0.3, -0.25) is 4.98 Å². The molecular weight excluding hydrogens is 245 g/mol. The topological polar surface area (TPSA) is 71.9 Å². The van der Waals surface area contributed by atoms with Crippen molar-refractivity contribution in [3.63, 3.8) is 0 Å². The van der Waals surface area contributed by atoms with E-state index in [0.29, 0.717) is 12.3 Å². The second-order valence-corrected chi connectivity index (χ2v) is 3.90. The van der Waals surface area contributed by atoms with Gasteiger partial charge in [0.05, 0.1) is 17.5 Å². The van der Waals surface area contributed by atoms with Crippen LogP contribution in [0.3, 0.4) is 0 Å². The maximum atomic E-state index is 13.1. The molecule has 0 unspecified atom stereocenters. The first kappa shape index (κ1) is 13.0. The van der Waals surface area contributed by atoms with Crippen LogP contribution in [0.4, 0.5) is 4.39 Å². The molecule has 2 N–H and O–H groups in total. The average molecular weight is 257 g/mol. The van der Waals surface area contributed by atoms with Gasteiger partial charge in [-0.05, 0) is 29.8 Å². The van der Waals surface area contributed by atoms with E-state index in [9.17, 15) is 4.39 Å². The number of pyridine rings is 1. The lowest BCUT2D eigenvalue weighted by Crippen LogP contribution is -2.01. The summed E-state index contributed by atoms with van der Waals surface area (Å²) in [5.74, 6) is 0.0697. The van der Waals surface area contributed by atoms with E-state index in [2.05, 4.69) is 4.98 Å². The number of aromatic nitrogens is 1. The van der Waals surface area contributed by atoms with Crippen molar-refractivity contribution in [2.45, 2.75) is 13.2 Å². The van der Waals surface area contributed by atoms with Crippen molar-refractivity contribution in [1.82, 2.24) is 4.98 Å². The highest BCUT2D eigenvalue weighted by Crippen LogP contribution is 2.14. The summed E-state index contributed by atoms with van der Waals surface area (Å²) in [6.45, 7) is 0.627. The number of benzene rings is 1. The normalized spacial score (nSPS) is 9.95. The maximum Gasteiger partial charge on any atom is 0.140 e. The Morgan fingerprint density at radius 3 is 2.79 bits per heavy atom. The zero-order valence-electron chi connectivity index (χ0n) is 10.1. The van der Waals surface area contributed by atoms with Gasteiger partial charge in [-0.1, -0.05) is 6.07 Å². The van der Waals surface area contributed by atoms with E-state index >= 15 is 0 Å². The Hall–Kier alpha value is -2.45. The number of rotatable bonds is 4. The number of halogens is 1. The lowest BCUT2D eigenvalue weighted by Gasteiger charge is -2.07. The zero-order chi connectivity index (χ0) is 13.7. The fourth-order valence-electron chi connectivity index (χ4n) is 1.53. The molecule has 0 saturated carbocycles. The van der Waals surface area contributed by atoms with Crippen LogP contribution in [0.15, 0.2) is 36.5 Å². The zero-order valence-corrected chi connectivity index (χ0v) is 10.1. The third kappa shape index (κ3) is 3.27. The number of nitrogens with two attached hydrogens (primary N) is 1. The largest absolute Gasteiger partial charge is 0.487 e. The van der Waals surface area contributed by atoms with Gasteiger partial charge in [0.2, 0.25) is 0 Å². The highest BCUT2D eigenvalue weighted by molar-refractivity contribution is 5.34. The van der Waals surface area contributed by atoms with E-state index in [4.69, 9.17) is 15.7 Å². The molecule has 0 aliphatic heterocycles. The van der Waals surface area contributed by atoms with Crippen LogP contribution in [0, 0.1) is 17.1 Å². The second kappa shape index (κ2) is 5.94. The number of ether oxygens (including phenoxy) is 1. The molecule has 2 rings (SSSR count). The van der Waals surface area contributed by atoms with Gasteiger partial charge in [-0.15, -0.1) is 0 Å². The van der Waals surface area contributed by atoms with Crippen LogP contribution in [0.1, 0.15) is 16.8 Å². The molecule has 4 nitrogen and oxygen atoms in total. The highest BCUT2D eigenvalue weighted by atomic mass is 19.1. The molecule has 96 valence electrons. The quantitative estimate of drug-likeness (QED) is 0.910. The van der Waals surface area contributed by atoms with E-state index in [-0.39, 0.29) is 12.2 Å². The van der Waals surface area contributed by atoms with Crippen molar-refractivity contribution < 1.29 is 9.13 Å². The van der Waals surface area contributed by atoms with Gasteiger partial charge in [-0.2, -0.15) is 5.26 Å². The van der Waals surface area contributed by atoms with Crippen LogP contribution in [0.2, 0.25) is 0 Å². The van der Waals surface area contributed by atoms with Gasteiger partial charge in [0, 0.05) is 6.54 Å². The summed E-state index contributed by atoms with van der Waals surface area (Å²) in [5, 5.41) is 8.73. The van der Waals surface area contributed by atoms with Crippen molar-refractivity contribution >= 4 is 0 Å². The third-order valence-electron chi connectivity index (χ3n) is 2.56. The van der Waals surface area contributed by atoms with Gasteiger partial charge in [0.15, 0.2) is 0 Å². The summed E-state index contributed by atoms with van der Waals surface area (Å²) in [7, 11) is 0. The molecule has 0 spiro atoms. The minimum absolute atomic E-state index is 0.0118. The average Bonchev–Trinajstić information content (AvgIpc) is 2.47. The SMILES string of the molecule is N#Cc1cc(COc2ccc(CN)nc2)ccc1F. The summed E-state index contributed by atoms with van der Waals surface area (Å²) in [5.41, 5.74) is 6.95. The van der Waals surface area contributed by atoms with Crippen LogP contribution < -0.4 is 10.5 Å². The molecule has 0 atom stereocenters. The van der Waals surface area contributed by atoms with E-state index in [1.54, 1.807) is 30.5 Å². The molecule has 0 aliphatic carbocycles. The summed E-state index contributed by atoms with van der Waals surface area (Å²) < 4.78 is 18.6. The molecule has 0 fully saturated rings. The van der Waals surface area contributed by atoms with Gasteiger partial charge < -0.3 is 10.5 Å². The molecule has 0 saturated heterocycles. The molecule has 0 amide bonds. The number of nitrogens with zero attached hydrogens (tertiary/aromatic N) is 2. The van der Waals surface area contributed by atoms with Crippen molar-refractivity contribution in [3.05, 3.63) is 59.2 Å². The van der Waals surface area contributed by atoms with Gasteiger partial charge in [-0.25, -0.2) is 4.39 Å². The fraction of sp³-hybridized carbons (Fsp3) is 0.143. The van der Waals surface area contributed by atoms with Crippen LogP contribution in [0.25, 0.3) is 0 Å². The molecule has 1 aromatic carbocycles. The minimum atomic E-state index is -0.528. The molecule has 0 aliphatic rings. The first-order valence-corrected chi connectivity index (χ1v) is 5.69. The van der Waals surface area contributed by atoms with Gasteiger partial charge >= 0.3 is 0 Å². The fourth-order valence-corrected chi connectivity index (χ4v) is 1.53. The van der Waals surface area contributed by atoms with Crippen molar-refractivity contribution in [3.8, 4) is 11.8 Å². The molecule has 1 heterocycles. The predicted octanol–water partition coefficient (Wildman–Crippen LogP) is 2.13. The van der Waals surface area contributed by atoms with E-state index in [1.807, 2.05) is 0 Å². The Bertz CT molecular complexity index is 605. The monoisotopic (exact) mass is 257 g/mol. The standard InChI is InChI=1S/C14H12FN3O/c15-14-4-1-10(5-11(14)6-16)9-19-13-3-2-12(7-17)18-8-13/h1-5,8H,7,9,17H2. The van der Waals surface area contributed by atoms with Crippen molar-refractivity contribution in [2.24, 2.45) is 5.73 Å². The van der Waals surface area contributed by atoms with Crippen molar-refractivity contribution in [1.29, 1.82) is 5.26 Å². The summed E-state index contributed by atoms with van der Waals surface area (Å²) in [6, 6.07) is 9.65. The van der Waals surface area contributed by atoms with E-state index < -0.39 is 5.82 Å². The number of nitriles is 1. The van der Waals surface area contributed by atoms with Crippen LogP contribution in [-0.4, -0.2) is 4.98 Å². The van der Waals surface area contributed by atoms with Crippen LogP contribution >= 0.6 is 0 Å². The van der Waals surface area contributed by atoms with E-state index in [1.165, 1.54) is 12.1 Å². The smallest absolute Gasteiger partial charge is 0.140 e. The molecule has 5 heteroatoms. The molecule has 19 heavy (non-hydrogen) atoms. The first-order valence-electron chi connectivity index (χ1n) is 5.69. The third-order valence-corrected chi connectivity index (χ3v) is 2.56. The summed E-state index contributed by atoms with van der Waals surface area (Å²) in [6.07, 6.45) is 1.58. The summed E-state index contributed by atoms with van der Waals surface area (Å²) in [4.78, 5) is 4.09. The Morgan fingerprint density at radius 2 is 2.16 bits per heavy atom. The molecule has 2 aromatic rings. The Balaban J connectivity index is 2.04. The molecular formula is C14H12FN3O. The molecule has 0 bridgehead atoms. The molecule has 0 radical (unpaired) electrons. The molecule has 1 aromatic heterocycles. The van der Waals surface area contributed by atoms with Gasteiger partial charge in [0.25, 0.3) is 0 Å². The number of hydrogen-bond donors (Lipinski definition) is 1. The lowest BCUT2D eigenvalue weighted by molar-refractivity contribution is 0.304. The van der Waals surface area contributed by atoms with Crippen LogP contribution in [-0.2, 0) is 13.2 Å². The van der Waals surface area contributed by atoms with E-state index in [0.717, 1.165) is 11.3 Å². The second-order valence-electron chi connectivity index (χ2n) is 3.90. The Kier molecular flexibility index (Phi) is 4.06. The van der Waals surface area contributed by atoms with Crippen LogP contribution in [0.5, 0.6) is 5.75 Å². The van der Waals surface area contributed by atoms with Gasteiger partial charge in [0.1, 0.15) is 24.2 Å². The highest BCUT2D eigenvalue weighted by Gasteiger charge is 2.03. The predicted molar refractivity (Wildman–Crippen MR) is 67.6 cm³/mol. The lowest BCUT2D eigenvalue weighted by atomic mass is 10.1. The minimum Gasteiger partial charge on any atom is -0.487 e.